The van der Waals surface area contributed by atoms with E-state index >= 15 is 0 Å². The van der Waals surface area contributed by atoms with Crippen molar-refractivity contribution in [2.24, 2.45) is 5.73 Å². The summed E-state index contributed by atoms with van der Waals surface area (Å²) >= 11 is 3.40. The molecule has 1 aliphatic heterocycles. The maximum atomic E-state index is 11.3. The van der Waals surface area contributed by atoms with Crippen LogP contribution in [0.5, 0.6) is 0 Å². The first kappa shape index (κ1) is 13.4. The van der Waals surface area contributed by atoms with Crippen LogP contribution in [0.4, 0.5) is 5.69 Å². The Bertz CT molecular complexity index is 430. The summed E-state index contributed by atoms with van der Waals surface area (Å²) < 4.78 is 0.939. The Morgan fingerprint density at radius 3 is 3.06 bits per heavy atom. The summed E-state index contributed by atoms with van der Waals surface area (Å²) in [6.07, 6.45) is 3.56. The van der Waals surface area contributed by atoms with Gasteiger partial charge >= 0.3 is 0 Å². The summed E-state index contributed by atoms with van der Waals surface area (Å²) in [6, 6.07) is 6.05. The van der Waals surface area contributed by atoms with Crippen molar-refractivity contribution in [1.82, 2.24) is 5.32 Å². The Balaban J connectivity index is 1.94. The van der Waals surface area contributed by atoms with Crippen molar-refractivity contribution in [2.45, 2.75) is 25.3 Å². The Hall–Kier alpha value is -1.07. The van der Waals surface area contributed by atoms with Gasteiger partial charge in [0.05, 0.1) is 5.56 Å². The maximum Gasteiger partial charge on any atom is 0.250 e. The summed E-state index contributed by atoms with van der Waals surface area (Å²) in [5.41, 5.74) is 6.69. The molecule has 18 heavy (non-hydrogen) atoms. The van der Waals surface area contributed by atoms with Gasteiger partial charge in [0.1, 0.15) is 0 Å². The summed E-state index contributed by atoms with van der Waals surface area (Å²) in [5.74, 6) is -0.399. The average molecular weight is 312 g/mol. The van der Waals surface area contributed by atoms with Crippen LogP contribution in [0.1, 0.15) is 29.6 Å². The standard InChI is InChI=1S/C13H18BrN3O/c14-9-3-4-11(13(15)18)12(8-9)17-7-5-10-2-1-6-16-10/h3-4,8,10,16-17H,1-2,5-7H2,(H2,15,18)/t10-/m0/s1. The number of hydrogen-bond acceptors (Lipinski definition) is 3. The van der Waals surface area contributed by atoms with Crippen LogP contribution >= 0.6 is 15.9 Å². The summed E-state index contributed by atoms with van der Waals surface area (Å²) in [7, 11) is 0. The van der Waals surface area contributed by atoms with E-state index in [1.165, 1.54) is 12.8 Å². The molecule has 1 fully saturated rings. The molecule has 1 atom stereocenters. The Morgan fingerprint density at radius 1 is 1.56 bits per heavy atom. The van der Waals surface area contributed by atoms with Crippen molar-refractivity contribution in [3.05, 3.63) is 28.2 Å². The number of anilines is 1. The fraction of sp³-hybridized carbons (Fsp3) is 0.462. The van der Waals surface area contributed by atoms with Gasteiger partial charge in [-0.1, -0.05) is 15.9 Å². The van der Waals surface area contributed by atoms with Crippen molar-refractivity contribution >= 4 is 27.5 Å². The molecule has 4 nitrogen and oxygen atoms in total. The van der Waals surface area contributed by atoms with E-state index < -0.39 is 5.91 Å². The molecule has 0 aliphatic carbocycles. The van der Waals surface area contributed by atoms with Gasteiger partial charge in [0.15, 0.2) is 0 Å². The molecule has 5 heteroatoms. The van der Waals surface area contributed by atoms with Crippen LogP contribution in [0.25, 0.3) is 0 Å². The van der Waals surface area contributed by atoms with E-state index in [0.717, 1.165) is 29.7 Å². The molecule has 98 valence electrons. The van der Waals surface area contributed by atoms with Gasteiger partial charge in [-0.25, -0.2) is 0 Å². The van der Waals surface area contributed by atoms with Crippen LogP contribution in [-0.4, -0.2) is 25.0 Å². The predicted octanol–water partition coefficient (Wildman–Crippen LogP) is 2.10. The molecular formula is C13H18BrN3O. The molecule has 0 saturated carbocycles. The second kappa shape index (κ2) is 6.20. The lowest BCUT2D eigenvalue weighted by atomic mass is 10.1. The van der Waals surface area contributed by atoms with Crippen LogP contribution in [0.2, 0.25) is 0 Å². The predicted molar refractivity (Wildman–Crippen MR) is 76.8 cm³/mol. The second-order valence-electron chi connectivity index (χ2n) is 4.56. The number of rotatable bonds is 5. The Labute approximate surface area is 115 Å². The number of hydrogen-bond donors (Lipinski definition) is 3. The van der Waals surface area contributed by atoms with E-state index in [9.17, 15) is 4.79 Å². The van der Waals surface area contributed by atoms with E-state index in [2.05, 4.69) is 26.6 Å². The largest absolute Gasteiger partial charge is 0.384 e. The fourth-order valence-electron chi connectivity index (χ4n) is 2.26. The molecule has 0 radical (unpaired) electrons. The number of benzene rings is 1. The summed E-state index contributed by atoms with van der Waals surface area (Å²) in [4.78, 5) is 11.3. The number of amides is 1. The van der Waals surface area contributed by atoms with Gasteiger partial charge in [-0.3, -0.25) is 4.79 Å². The second-order valence-corrected chi connectivity index (χ2v) is 5.48. The molecule has 1 aliphatic rings. The summed E-state index contributed by atoms with van der Waals surface area (Å²) in [6.45, 7) is 1.96. The minimum atomic E-state index is -0.399. The molecule has 4 N–H and O–H groups in total. The number of nitrogens with one attached hydrogen (secondary N) is 2. The monoisotopic (exact) mass is 311 g/mol. The van der Waals surface area contributed by atoms with Crippen molar-refractivity contribution in [3.8, 4) is 0 Å². The normalized spacial score (nSPS) is 18.8. The third-order valence-electron chi connectivity index (χ3n) is 3.22. The van der Waals surface area contributed by atoms with Gasteiger partial charge in [0, 0.05) is 22.7 Å². The zero-order chi connectivity index (χ0) is 13.0. The number of carbonyl (C=O) groups is 1. The van der Waals surface area contributed by atoms with Gasteiger partial charge in [0.2, 0.25) is 0 Å². The lowest BCUT2D eigenvalue weighted by Crippen LogP contribution is -2.24. The highest BCUT2D eigenvalue weighted by atomic mass is 79.9. The minimum Gasteiger partial charge on any atom is -0.384 e. The van der Waals surface area contributed by atoms with E-state index in [-0.39, 0.29) is 0 Å². The first-order chi connectivity index (χ1) is 8.66. The minimum absolute atomic E-state index is 0.399. The molecule has 1 aromatic rings. The molecule has 0 bridgehead atoms. The zero-order valence-electron chi connectivity index (χ0n) is 10.2. The third-order valence-corrected chi connectivity index (χ3v) is 3.71. The Kier molecular flexibility index (Phi) is 4.60. The molecule has 1 saturated heterocycles. The van der Waals surface area contributed by atoms with Gasteiger partial charge in [-0.05, 0) is 44.0 Å². The topological polar surface area (TPSA) is 67.2 Å². The maximum absolute atomic E-state index is 11.3. The lowest BCUT2D eigenvalue weighted by Gasteiger charge is -2.13. The van der Waals surface area contributed by atoms with Gasteiger partial charge in [0.25, 0.3) is 5.91 Å². The van der Waals surface area contributed by atoms with Crippen LogP contribution in [0, 0.1) is 0 Å². The molecule has 0 unspecified atom stereocenters. The average Bonchev–Trinajstić information content (AvgIpc) is 2.82. The first-order valence-corrected chi connectivity index (χ1v) is 7.03. The molecule has 0 spiro atoms. The molecular weight excluding hydrogens is 294 g/mol. The zero-order valence-corrected chi connectivity index (χ0v) is 11.8. The van der Waals surface area contributed by atoms with E-state index in [1.807, 2.05) is 12.1 Å². The molecule has 1 aromatic carbocycles. The SMILES string of the molecule is NC(=O)c1ccc(Br)cc1NCC[C@@H]1CCCN1. The summed E-state index contributed by atoms with van der Waals surface area (Å²) in [5, 5.41) is 6.74. The fourth-order valence-corrected chi connectivity index (χ4v) is 2.62. The number of primary amides is 1. The lowest BCUT2D eigenvalue weighted by molar-refractivity contribution is 0.100. The smallest absolute Gasteiger partial charge is 0.250 e. The van der Waals surface area contributed by atoms with E-state index in [1.54, 1.807) is 6.07 Å². The molecule has 0 aromatic heterocycles. The van der Waals surface area contributed by atoms with Gasteiger partial charge < -0.3 is 16.4 Å². The third kappa shape index (κ3) is 3.46. The van der Waals surface area contributed by atoms with Crippen LogP contribution in [0.3, 0.4) is 0 Å². The highest BCUT2D eigenvalue weighted by Gasteiger charge is 2.14. The number of halogens is 1. The quantitative estimate of drug-likeness (QED) is 0.780. The first-order valence-electron chi connectivity index (χ1n) is 6.23. The van der Waals surface area contributed by atoms with Gasteiger partial charge in [-0.2, -0.15) is 0 Å². The highest BCUT2D eigenvalue weighted by Crippen LogP contribution is 2.21. The highest BCUT2D eigenvalue weighted by molar-refractivity contribution is 9.10. The van der Waals surface area contributed by atoms with Gasteiger partial charge in [-0.15, -0.1) is 0 Å². The van der Waals surface area contributed by atoms with Crippen molar-refractivity contribution < 1.29 is 4.79 Å². The van der Waals surface area contributed by atoms with Crippen LogP contribution in [-0.2, 0) is 0 Å². The molecule has 2 rings (SSSR count). The van der Waals surface area contributed by atoms with Crippen molar-refractivity contribution in [1.29, 1.82) is 0 Å². The number of carbonyl (C=O) groups excluding carboxylic acids is 1. The molecule has 1 amide bonds. The van der Waals surface area contributed by atoms with Crippen molar-refractivity contribution in [2.75, 3.05) is 18.4 Å². The Morgan fingerprint density at radius 2 is 2.39 bits per heavy atom. The number of nitrogens with two attached hydrogens (primary N) is 1. The van der Waals surface area contributed by atoms with E-state index in [4.69, 9.17) is 5.73 Å². The van der Waals surface area contributed by atoms with Crippen LogP contribution in [0.15, 0.2) is 22.7 Å². The van der Waals surface area contributed by atoms with Crippen molar-refractivity contribution in [3.63, 3.8) is 0 Å². The van der Waals surface area contributed by atoms with E-state index in [0.29, 0.717) is 11.6 Å². The van der Waals surface area contributed by atoms with Crippen LogP contribution < -0.4 is 16.4 Å². The molecule has 1 heterocycles.